The number of hydrogen-bond acceptors (Lipinski definition) is 4. The van der Waals surface area contributed by atoms with E-state index in [-0.39, 0.29) is 25.2 Å². The quantitative estimate of drug-likeness (QED) is 0.843. The maximum atomic E-state index is 12.2. The minimum Gasteiger partial charge on any atom is -0.490 e. The van der Waals surface area contributed by atoms with Crippen LogP contribution >= 0.6 is 0 Å². The second kappa shape index (κ2) is 9.07. The van der Waals surface area contributed by atoms with Crippen molar-refractivity contribution in [1.82, 2.24) is 4.90 Å². The number of carbonyl (C=O) groups is 2. The number of amides is 1. The van der Waals surface area contributed by atoms with Crippen LogP contribution < -0.4 is 4.74 Å². The predicted molar refractivity (Wildman–Crippen MR) is 99.6 cm³/mol. The number of rotatable bonds is 6. The molecule has 1 heterocycles. The molecule has 1 aliphatic rings. The van der Waals surface area contributed by atoms with E-state index in [4.69, 9.17) is 14.6 Å². The highest BCUT2D eigenvalue weighted by atomic mass is 16.6. The van der Waals surface area contributed by atoms with Gasteiger partial charge < -0.3 is 19.5 Å². The van der Waals surface area contributed by atoms with Crippen LogP contribution in [0.15, 0.2) is 54.6 Å². The number of aliphatic carboxylic acids is 1. The molecule has 1 aliphatic heterocycles. The van der Waals surface area contributed by atoms with Crippen molar-refractivity contribution in [3.63, 3.8) is 0 Å². The van der Waals surface area contributed by atoms with Crippen molar-refractivity contribution in [2.45, 2.75) is 32.0 Å². The number of ether oxygens (including phenoxy) is 2. The van der Waals surface area contributed by atoms with Gasteiger partial charge in [-0.15, -0.1) is 0 Å². The number of likely N-dealkylation sites (tertiary alicyclic amines) is 1. The van der Waals surface area contributed by atoms with Gasteiger partial charge in [0.25, 0.3) is 0 Å². The third kappa shape index (κ3) is 5.74. The molecule has 1 fully saturated rings. The lowest BCUT2D eigenvalue weighted by Gasteiger charge is -2.31. The van der Waals surface area contributed by atoms with E-state index in [1.165, 1.54) is 0 Å². The Hall–Kier alpha value is -3.02. The van der Waals surface area contributed by atoms with E-state index < -0.39 is 5.97 Å². The lowest BCUT2D eigenvalue weighted by molar-refractivity contribution is -0.136. The second-order valence-corrected chi connectivity index (χ2v) is 6.56. The fourth-order valence-corrected chi connectivity index (χ4v) is 3.02. The van der Waals surface area contributed by atoms with Crippen molar-refractivity contribution in [3.05, 3.63) is 65.7 Å². The monoisotopic (exact) mass is 369 g/mol. The number of carboxylic acid groups (broad SMARTS) is 1. The molecular weight excluding hydrogens is 346 g/mol. The average molecular weight is 369 g/mol. The lowest BCUT2D eigenvalue weighted by atomic mass is 10.1. The predicted octanol–water partition coefficient (Wildman–Crippen LogP) is 3.49. The summed E-state index contributed by atoms with van der Waals surface area (Å²) in [5, 5.41) is 8.80. The first-order valence-corrected chi connectivity index (χ1v) is 9.03. The van der Waals surface area contributed by atoms with Gasteiger partial charge in [-0.3, -0.25) is 4.79 Å². The average Bonchev–Trinajstić information content (AvgIpc) is 2.69. The fourth-order valence-electron chi connectivity index (χ4n) is 3.02. The van der Waals surface area contributed by atoms with Crippen molar-refractivity contribution in [2.75, 3.05) is 13.1 Å². The van der Waals surface area contributed by atoms with Gasteiger partial charge in [-0.25, -0.2) is 4.79 Å². The summed E-state index contributed by atoms with van der Waals surface area (Å²) in [4.78, 5) is 24.6. The van der Waals surface area contributed by atoms with Gasteiger partial charge in [-0.05, 0) is 23.3 Å². The van der Waals surface area contributed by atoms with Gasteiger partial charge in [0.2, 0.25) is 0 Å². The third-order valence-electron chi connectivity index (χ3n) is 4.49. The molecule has 27 heavy (non-hydrogen) atoms. The van der Waals surface area contributed by atoms with E-state index >= 15 is 0 Å². The normalized spacial score (nSPS) is 14.6. The van der Waals surface area contributed by atoms with Crippen LogP contribution in [0.5, 0.6) is 5.75 Å². The smallest absolute Gasteiger partial charge is 0.410 e. The Kier molecular flexibility index (Phi) is 6.30. The molecule has 6 heteroatoms. The van der Waals surface area contributed by atoms with Gasteiger partial charge in [0.15, 0.2) is 0 Å². The van der Waals surface area contributed by atoms with Crippen molar-refractivity contribution >= 4 is 12.1 Å². The van der Waals surface area contributed by atoms with Crippen LogP contribution in [0.25, 0.3) is 0 Å². The molecule has 142 valence electrons. The minimum absolute atomic E-state index is 0.00373. The molecule has 1 N–H and O–H groups in total. The Labute approximate surface area is 158 Å². The van der Waals surface area contributed by atoms with Gasteiger partial charge in [-0.1, -0.05) is 42.5 Å². The standard InChI is InChI=1S/C21H23NO5/c23-20(24)14-16-6-8-18(9-7-16)27-19-10-12-22(13-11-19)21(25)26-15-17-4-2-1-3-5-17/h1-9,19H,10-15H2,(H,23,24). The van der Waals surface area contributed by atoms with Crippen LogP contribution in [0.2, 0.25) is 0 Å². The summed E-state index contributed by atoms with van der Waals surface area (Å²) in [7, 11) is 0. The van der Waals surface area contributed by atoms with Crippen LogP contribution in [-0.4, -0.2) is 41.3 Å². The summed E-state index contributed by atoms with van der Waals surface area (Å²) in [6, 6.07) is 16.7. The van der Waals surface area contributed by atoms with Gasteiger partial charge in [0.1, 0.15) is 18.5 Å². The first-order valence-electron chi connectivity index (χ1n) is 9.03. The van der Waals surface area contributed by atoms with Crippen LogP contribution in [0, 0.1) is 0 Å². The number of carboxylic acids is 1. The molecule has 3 rings (SSSR count). The maximum absolute atomic E-state index is 12.2. The summed E-state index contributed by atoms with van der Waals surface area (Å²) in [6.45, 7) is 1.46. The van der Waals surface area contributed by atoms with E-state index in [1.54, 1.807) is 29.2 Å². The Morgan fingerprint density at radius 2 is 1.63 bits per heavy atom. The number of piperidine rings is 1. The Balaban J connectivity index is 1.41. The third-order valence-corrected chi connectivity index (χ3v) is 4.49. The molecule has 2 aromatic carbocycles. The summed E-state index contributed by atoms with van der Waals surface area (Å²) in [6.07, 6.45) is 1.21. The van der Waals surface area contributed by atoms with E-state index in [0.717, 1.165) is 24.0 Å². The first kappa shape index (κ1) is 18.8. The minimum atomic E-state index is -0.852. The molecule has 0 spiro atoms. The van der Waals surface area contributed by atoms with Gasteiger partial charge in [0, 0.05) is 25.9 Å². The molecule has 0 saturated carbocycles. The molecule has 0 unspecified atom stereocenters. The highest BCUT2D eigenvalue weighted by molar-refractivity contribution is 5.70. The van der Waals surface area contributed by atoms with E-state index in [1.807, 2.05) is 30.3 Å². The van der Waals surface area contributed by atoms with Gasteiger partial charge in [0.05, 0.1) is 6.42 Å². The van der Waals surface area contributed by atoms with E-state index in [2.05, 4.69) is 0 Å². The summed E-state index contributed by atoms with van der Waals surface area (Å²) in [5.74, 6) is -0.135. The zero-order valence-corrected chi connectivity index (χ0v) is 15.0. The first-order chi connectivity index (χ1) is 13.1. The maximum Gasteiger partial charge on any atom is 0.410 e. The van der Waals surface area contributed by atoms with Crippen molar-refractivity contribution in [3.8, 4) is 5.75 Å². The fraction of sp³-hybridized carbons (Fsp3) is 0.333. The molecule has 1 amide bonds. The molecule has 0 atom stereocenters. The van der Waals surface area contributed by atoms with Crippen LogP contribution in [0.1, 0.15) is 24.0 Å². The molecule has 1 saturated heterocycles. The Morgan fingerprint density at radius 3 is 2.26 bits per heavy atom. The summed E-state index contributed by atoms with van der Waals surface area (Å²) >= 11 is 0. The lowest BCUT2D eigenvalue weighted by Crippen LogP contribution is -2.42. The largest absolute Gasteiger partial charge is 0.490 e. The topological polar surface area (TPSA) is 76.1 Å². The number of benzene rings is 2. The molecule has 2 aromatic rings. The Morgan fingerprint density at radius 1 is 0.963 bits per heavy atom. The summed E-state index contributed by atoms with van der Waals surface area (Å²) < 4.78 is 11.3. The number of nitrogens with zero attached hydrogens (tertiary/aromatic N) is 1. The molecule has 0 aliphatic carbocycles. The van der Waals surface area contributed by atoms with E-state index in [9.17, 15) is 9.59 Å². The summed E-state index contributed by atoms with van der Waals surface area (Å²) in [5.41, 5.74) is 1.71. The van der Waals surface area contributed by atoms with Gasteiger partial charge >= 0.3 is 12.1 Å². The Bertz CT molecular complexity index is 752. The SMILES string of the molecule is O=C(O)Cc1ccc(OC2CCN(C(=O)OCc3ccccc3)CC2)cc1. The van der Waals surface area contributed by atoms with Gasteiger partial charge in [-0.2, -0.15) is 0 Å². The highest BCUT2D eigenvalue weighted by Gasteiger charge is 2.24. The van der Waals surface area contributed by atoms with Crippen molar-refractivity contribution < 1.29 is 24.2 Å². The van der Waals surface area contributed by atoms with E-state index in [0.29, 0.717) is 18.8 Å². The molecule has 6 nitrogen and oxygen atoms in total. The van der Waals surface area contributed by atoms with Crippen LogP contribution in [0.4, 0.5) is 4.79 Å². The van der Waals surface area contributed by atoms with Crippen molar-refractivity contribution in [1.29, 1.82) is 0 Å². The van der Waals surface area contributed by atoms with Crippen LogP contribution in [0.3, 0.4) is 0 Å². The molecule has 0 aromatic heterocycles. The van der Waals surface area contributed by atoms with Crippen molar-refractivity contribution in [2.24, 2.45) is 0 Å². The zero-order valence-electron chi connectivity index (χ0n) is 15.0. The molecule has 0 bridgehead atoms. The second-order valence-electron chi connectivity index (χ2n) is 6.56. The molecular formula is C21H23NO5. The number of carbonyl (C=O) groups excluding carboxylic acids is 1. The molecule has 0 radical (unpaired) electrons. The highest BCUT2D eigenvalue weighted by Crippen LogP contribution is 2.20. The zero-order chi connectivity index (χ0) is 19.1. The number of hydrogen-bond donors (Lipinski definition) is 1. The van der Waals surface area contributed by atoms with Crippen LogP contribution in [-0.2, 0) is 22.6 Å².